The van der Waals surface area contributed by atoms with Gasteiger partial charge in [-0.25, -0.2) is 15.0 Å². The molecule has 7 nitrogen and oxygen atoms in total. The summed E-state index contributed by atoms with van der Waals surface area (Å²) in [6.45, 7) is 3.93. The van der Waals surface area contributed by atoms with Crippen molar-refractivity contribution in [2.75, 3.05) is 11.9 Å². The first-order chi connectivity index (χ1) is 17.2. The van der Waals surface area contributed by atoms with Gasteiger partial charge in [0.15, 0.2) is 0 Å². The summed E-state index contributed by atoms with van der Waals surface area (Å²) in [5.74, 6) is 0.909. The van der Waals surface area contributed by atoms with Gasteiger partial charge in [0.1, 0.15) is 5.65 Å². The van der Waals surface area contributed by atoms with Crippen LogP contribution in [0.25, 0.3) is 44.9 Å². The average molecular weight is 458 g/mol. The number of aromatic nitrogens is 6. The number of allylic oxidation sites excluding steroid dienone is 6. The molecule has 7 heteroatoms. The Morgan fingerprint density at radius 1 is 1.00 bits per heavy atom. The van der Waals surface area contributed by atoms with Crippen LogP contribution in [-0.4, -0.2) is 35.4 Å². The van der Waals surface area contributed by atoms with E-state index in [-0.39, 0.29) is 0 Å². The molecule has 1 aliphatic heterocycles. The van der Waals surface area contributed by atoms with E-state index in [9.17, 15) is 0 Å². The van der Waals surface area contributed by atoms with Gasteiger partial charge in [0.05, 0.1) is 40.0 Å². The first-order valence-corrected chi connectivity index (χ1v) is 11.8. The number of pyridine rings is 3. The van der Waals surface area contributed by atoms with E-state index >= 15 is 0 Å². The third-order valence-corrected chi connectivity index (χ3v) is 6.68. The van der Waals surface area contributed by atoms with Crippen LogP contribution in [0, 0.1) is 0 Å². The van der Waals surface area contributed by atoms with Crippen molar-refractivity contribution in [3.8, 4) is 22.6 Å². The van der Waals surface area contributed by atoms with Crippen LogP contribution in [0.2, 0.25) is 0 Å². The van der Waals surface area contributed by atoms with E-state index < -0.39 is 0 Å². The summed E-state index contributed by atoms with van der Waals surface area (Å²) in [7, 11) is 0. The van der Waals surface area contributed by atoms with E-state index in [1.807, 2.05) is 42.7 Å². The van der Waals surface area contributed by atoms with Gasteiger partial charge in [-0.05, 0) is 49.2 Å². The van der Waals surface area contributed by atoms with E-state index in [0.29, 0.717) is 0 Å². The Kier molecular flexibility index (Phi) is 4.42. The molecule has 5 aromatic rings. The molecule has 1 N–H and O–H groups in total. The van der Waals surface area contributed by atoms with Gasteiger partial charge in [0.2, 0.25) is 5.95 Å². The molecule has 0 fully saturated rings. The fourth-order valence-corrected chi connectivity index (χ4v) is 4.89. The fraction of sp³-hybridized carbons (Fsp3) is 0.143. The van der Waals surface area contributed by atoms with Gasteiger partial charge < -0.3 is 9.88 Å². The number of nitrogens with zero attached hydrogens (tertiary/aromatic N) is 6. The lowest BCUT2D eigenvalue weighted by Crippen LogP contribution is -1.98. The molecule has 0 saturated heterocycles. The molecular formula is C28H23N7. The normalized spacial score (nSPS) is 15.1. The smallest absolute Gasteiger partial charge is 0.203 e. The number of imidazole rings is 2. The lowest BCUT2D eigenvalue weighted by Gasteiger charge is -2.09. The van der Waals surface area contributed by atoms with Gasteiger partial charge in [-0.1, -0.05) is 35.9 Å². The lowest BCUT2D eigenvalue weighted by molar-refractivity contribution is 0.817. The summed E-state index contributed by atoms with van der Waals surface area (Å²) in [5, 5.41) is 3.31. The van der Waals surface area contributed by atoms with Crippen molar-refractivity contribution in [1.29, 1.82) is 0 Å². The molecule has 5 aromatic heterocycles. The lowest BCUT2D eigenvalue weighted by atomic mass is 10.0. The highest BCUT2D eigenvalue weighted by Crippen LogP contribution is 2.33. The molecular weight excluding hydrogens is 434 g/mol. The molecule has 0 spiro atoms. The van der Waals surface area contributed by atoms with Gasteiger partial charge in [-0.15, -0.1) is 0 Å². The summed E-state index contributed by atoms with van der Waals surface area (Å²) in [6, 6.07) is 12.3. The summed E-state index contributed by atoms with van der Waals surface area (Å²) in [4.78, 5) is 19.3. The highest BCUT2D eigenvalue weighted by Gasteiger charge is 2.20. The Morgan fingerprint density at radius 2 is 1.97 bits per heavy atom. The van der Waals surface area contributed by atoms with Gasteiger partial charge in [-0.2, -0.15) is 0 Å². The summed E-state index contributed by atoms with van der Waals surface area (Å²) >= 11 is 0. The second kappa shape index (κ2) is 7.77. The van der Waals surface area contributed by atoms with Crippen LogP contribution >= 0.6 is 0 Å². The Labute approximate surface area is 202 Å². The SMILES string of the molecule is CC1=CCC(c2nc3ccccn3c2-c2ccc3ncc(-c4cnc5n4CCN5)cc3n2)=CC=C1. The third-order valence-electron chi connectivity index (χ3n) is 6.68. The highest BCUT2D eigenvalue weighted by molar-refractivity contribution is 5.85. The zero-order chi connectivity index (χ0) is 23.4. The third kappa shape index (κ3) is 3.27. The predicted octanol–water partition coefficient (Wildman–Crippen LogP) is 5.52. The van der Waals surface area contributed by atoms with E-state index in [4.69, 9.17) is 15.0 Å². The van der Waals surface area contributed by atoms with Crippen molar-refractivity contribution in [3.63, 3.8) is 0 Å². The molecule has 0 amide bonds. The first-order valence-electron chi connectivity index (χ1n) is 11.8. The minimum Gasteiger partial charge on any atom is -0.354 e. The maximum absolute atomic E-state index is 5.10. The minimum atomic E-state index is 0.829. The maximum Gasteiger partial charge on any atom is 0.203 e. The molecule has 0 unspecified atom stereocenters. The van der Waals surface area contributed by atoms with Crippen LogP contribution < -0.4 is 5.32 Å². The van der Waals surface area contributed by atoms with Crippen LogP contribution in [-0.2, 0) is 6.54 Å². The molecule has 170 valence electrons. The number of hydrogen-bond acceptors (Lipinski definition) is 5. The van der Waals surface area contributed by atoms with Gasteiger partial charge in [0, 0.05) is 31.0 Å². The van der Waals surface area contributed by atoms with Crippen molar-refractivity contribution < 1.29 is 0 Å². The number of rotatable bonds is 3. The van der Waals surface area contributed by atoms with Crippen molar-refractivity contribution in [3.05, 3.63) is 90.6 Å². The molecule has 0 saturated carbocycles. The summed E-state index contributed by atoms with van der Waals surface area (Å²) < 4.78 is 4.32. The molecule has 1 aliphatic carbocycles. The highest BCUT2D eigenvalue weighted by atomic mass is 15.3. The van der Waals surface area contributed by atoms with Crippen LogP contribution in [0.15, 0.2) is 84.9 Å². The average Bonchev–Trinajstić information content (AvgIpc) is 3.56. The molecule has 0 bridgehead atoms. The van der Waals surface area contributed by atoms with Gasteiger partial charge in [-0.3, -0.25) is 9.38 Å². The number of anilines is 1. The zero-order valence-corrected chi connectivity index (χ0v) is 19.3. The summed E-state index contributed by atoms with van der Waals surface area (Å²) in [6.07, 6.45) is 15.3. The molecule has 7 rings (SSSR count). The first kappa shape index (κ1) is 19.9. The Balaban J connectivity index is 1.40. The molecule has 0 atom stereocenters. The molecule has 0 aromatic carbocycles. The predicted molar refractivity (Wildman–Crippen MR) is 139 cm³/mol. The topological polar surface area (TPSA) is 72.9 Å². The number of hydrogen-bond donors (Lipinski definition) is 1. The minimum absolute atomic E-state index is 0.829. The van der Waals surface area contributed by atoms with E-state index in [1.165, 1.54) is 11.1 Å². The van der Waals surface area contributed by atoms with E-state index in [1.54, 1.807) is 0 Å². The van der Waals surface area contributed by atoms with Crippen LogP contribution in [0.4, 0.5) is 5.95 Å². The number of nitrogens with one attached hydrogen (secondary N) is 1. The Morgan fingerprint density at radius 3 is 2.94 bits per heavy atom. The quantitative estimate of drug-likeness (QED) is 0.386. The van der Waals surface area contributed by atoms with E-state index in [2.05, 4.69) is 62.8 Å². The second-order valence-electron chi connectivity index (χ2n) is 8.95. The fourth-order valence-electron chi connectivity index (χ4n) is 4.89. The Hall–Kier alpha value is -4.52. The number of fused-ring (bicyclic) bond motifs is 3. The second-order valence-corrected chi connectivity index (χ2v) is 8.95. The summed E-state index contributed by atoms with van der Waals surface area (Å²) in [5.41, 5.74) is 9.95. The largest absolute Gasteiger partial charge is 0.354 e. The molecule has 2 aliphatic rings. The van der Waals surface area contributed by atoms with Crippen LogP contribution in [0.5, 0.6) is 0 Å². The Bertz CT molecular complexity index is 1710. The van der Waals surface area contributed by atoms with Gasteiger partial charge in [0.25, 0.3) is 0 Å². The van der Waals surface area contributed by atoms with Crippen molar-refractivity contribution in [1.82, 2.24) is 28.9 Å². The molecule has 6 heterocycles. The molecule has 0 radical (unpaired) electrons. The molecule has 35 heavy (non-hydrogen) atoms. The maximum atomic E-state index is 5.10. The van der Waals surface area contributed by atoms with Crippen LogP contribution in [0.1, 0.15) is 19.0 Å². The van der Waals surface area contributed by atoms with Gasteiger partial charge >= 0.3 is 0 Å². The zero-order valence-electron chi connectivity index (χ0n) is 19.3. The van der Waals surface area contributed by atoms with Crippen molar-refractivity contribution in [2.45, 2.75) is 19.9 Å². The van der Waals surface area contributed by atoms with Crippen molar-refractivity contribution >= 4 is 28.2 Å². The standard InChI is InChI=1S/C28H23N7/c1-18-5-4-6-19(9-8-18)26-27(35-13-3-2-7-25(35)33-26)22-11-10-21-23(32-22)15-20(16-30-21)24-17-31-28-29-12-14-34(24)28/h2-8,10-11,13,15-17H,9,12,14H2,1H3,(H,29,31). The van der Waals surface area contributed by atoms with Crippen molar-refractivity contribution in [2.24, 2.45) is 0 Å². The monoisotopic (exact) mass is 457 g/mol. The van der Waals surface area contributed by atoms with E-state index in [0.717, 1.165) is 70.5 Å². The van der Waals surface area contributed by atoms with Crippen LogP contribution in [0.3, 0.4) is 0 Å².